The minimum absolute atomic E-state index is 0.0399. The molecule has 3 saturated heterocycles. The molecule has 0 spiro atoms. The summed E-state index contributed by atoms with van der Waals surface area (Å²) in [6.07, 6.45) is 7.63. The van der Waals surface area contributed by atoms with Crippen molar-refractivity contribution in [1.29, 1.82) is 0 Å². The Kier molecular flexibility index (Phi) is 3.29. The van der Waals surface area contributed by atoms with E-state index in [2.05, 4.69) is 44.1 Å². The van der Waals surface area contributed by atoms with Gasteiger partial charge in [0.2, 0.25) is 5.95 Å². The Morgan fingerprint density at radius 2 is 1.84 bits per heavy atom. The lowest BCUT2D eigenvalue weighted by atomic mass is 10.1. The third-order valence-electron chi connectivity index (χ3n) is 5.71. The lowest BCUT2D eigenvalue weighted by Gasteiger charge is -2.44. The summed E-state index contributed by atoms with van der Waals surface area (Å²) in [5, 5.41) is 13.7. The summed E-state index contributed by atoms with van der Waals surface area (Å²) in [5.74, 6) is 0.756. The fourth-order valence-electron chi connectivity index (χ4n) is 4.15. The van der Waals surface area contributed by atoms with E-state index in [1.807, 2.05) is 18.6 Å². The molecular weight excluding hydrogens is 314 g/mol. The molecule has 0 atom stereocenters. The van der Waals surface area contributed by atoms with Gasteiger partial charge in [-0.05, 0) is 29.1 Å². The van der Waals surface area contributed by atoms with Gasteiger partial charge in [0.25, 0.3) is 0 Å². The fourth-order valence-corrected chi connectivity index (χ4v) is 4.15. The van der Waals surface area contributed by atoms with Crippen molar-refractivity contribution in [1.82, 2.24) is 15.0 Å². The molecular formula is C19H21N5O. The van der Waals surface area contributed by atoms with Gasteiger partial charge in [0.1, 0.15) is 0 Å². The van der Waals surface area contributed by atoms with Crippen LogP contribution in [0.4, 0.5) is 5.95 Å². The minimum Gasteiger partial charge on any atom is -0.633 e. The Hall–Kier alpha value is -2.44. The lowest BCUT2D eigenvalue weighted by molar-refractivity contribution is -0.881. The molecule has 1 N–H and O–H groups in total. The first-order valence-corrected chi connectivity index (χ1v) is 8.94. The average molecular weight is 335 g/mol. The van der Waals surface area contributed by atoms with E-state index in [1.165, 1.54) is 5.39 Å². The van der Waals surface area contributed by atoms with Crippen LogP contribution in [0.5, 0.6) is 0 Å². The second-order valence-corrected chi connectivity index (χ2v) is 7.20. The van der Waals surface area contributed by atoms with Crippen molar-refractivity contribution in [3.8, 4) is 11.1 Å². The van der Waals surface area contributed by atoms with Crippen molar-refractivity contribution in [2.24, 2.45) is 0 Å². The van der Waals surface area contributed by atoms with Gasteiger partial charge in [0.15, 0.2) is 0 Å². The SMILES string of the molecule is [O-][N+]12CCC(CC1)N(c1ncc(-c3ccc4[nH]ccc4c3)cn1)CC2. The van der Waals surface area contributed by atoms with Crippen molar-refractivity contribution in [3.63, 3.8) is 0 Å². The summed E-state index contributed by atoms with van der Waals surface area (Å²) in [6, 6.07) is 8.79. The monoisotopic (exact) mass is 335 g/mol. The van der Waals surface area contributed by atoms with E-state index < -0.39 is 0 Å². The van der Waals surface area contributed by atoms with Gasteiger partial charge in [-0.3, -0.25) is 0 Å². The summed E-state index contributed by atoms with van der Waals surface area (Å²) in [7, 11) is 0. The summed E-state index contributed by atoms with van der Waals surface area (Å²) < 4.78 is -0.0399. The number of hydrogen-bond acceptors (Lipinski definition) is 4. The first kappa shape index (κ1) is 14.9. The van der Waals surface area contributed by atoms with Gasteiger partial charge in [-0.15, -0.1) is 0 Å². The molecule has 1 aromatic carbocycles. The van der Waals surface area contributed by atoms with E-state index in [-0.39, 0.29) is 4.65 Å². The number of fused-ring (bicyclic) bond motifs is 5. The van der Waals surface area contributed by atoms with E-state index in [4.69, 9.17) is 0 Å². The summed E-state index contributed by atoms with van der Waals surface area (Å²) >= 11 is 0. The summed E-state index contributed by atoms with van der Waals surface area (Å²) in [6.45, 7) is 2.86. The molecule has 6 rings (SSSR count). The maximum atomic E-state index is 12.5. The van der Waals surface area contributed by atoms with Gasteiger partial charge in [0.05, 0.1) is 26.2 Å². The zero-order chi connectivity index (χ0) is 16.9. The number of rotatable bonds is 2. The first-order chi connectivity index (χ1) is 12.2. The molecule has 0 amide bonds. The van der Waals surface area contributed by atoms with Gasteiger partial charge in [-0.25, -0.2) is 9.97 Å². The number of aromatic amines is 1. The standard InChI is InChI=1S/C19H21N5O/c25-24-8-4-17(5-9-24)23(7-10-24)19-21-12-16(13-22-19)14-1-2-18-15(11-14)3-6-20-18/h1-3,6,11-13,17,20H,4-5,7-10H2. The highest BCUT2D eigenvalue weighted by Gasteiger charge is 2.36. The highest BCUT2D eigenvalue weighted by molar-refractivity contribution is 5.84. The predicted octanol–water partition coefficient (Wildman–Crippen LogP) is 2.92. The van der Waals surface area contributed by atoms with Gasteiger partial charge >= 0.3 is 0 Å². The smallest absolute Gasteiger partial charge is 0.225 e. The molecule has 25 heavy (non-hydrogen) atoms. The second kappa shape index (κ2) is 5.54. The van der Waals surface area contributed by atoms with Crippen molar-refractivity contribution in [2.45, 2.75) is 18.9 Å². The highest BCUT2D eigenvalue weighted by atomic mass is 16.5. The molecule has 2 aromatic heterocycles. The zero-order valence-corrected chi connectivity index (χ0v) is 14.1. The first-order valence-electron chi connectivity index (χ1n) is 8.94. The number of nitrogens with one attached hydrogen (secondary N) is 1. The van der Waals surface area contributed by atoms with Crippen molar-refractivity contribution in [2.75, 3.05) is 31.1 Å². The van der Waals surface area contributed by atoms with E-state index in [0.717, 1.165) is 55.1 Å². The number of hydrogen-bond donors (Lipinski definition) is 1. The number of anilines is 1. The number of aromatic nitrogens is 3. The van der Waals surface area contributed by atoms with Crippen LogP contribution in [0.3, 0.4) is 0 Å². The number of piperidine rings is 1. The number of nitrogens with zero attached hydrogens (tertiary/aromatic N) is 4. The van der Waals surface area contributed by atoms with Gasteiger partial charge in [0, 0.05) is 48.6 Å². The molecule has 6 nitrogen and oxygen atoms in total. The third-order valence-corrected chi connectivity index (χ3v) is 5.71. The number of benzene rings is 1. The molecule has 0 aliphatic carbocycles. The van der Waals surface area contributed by atoms with Gasteiger partial charge in [-0.1, -0.05) is 6.07 Å². The molecule has 3 aliphatic rings. The molecule has 0 saturated carbocycles. The molecule has 5 heterocycles. The third kappa shape index (κ3) is 2.58. The summed E-state index contributed by atoms with van der Waals surface area (Å²) in [5.41, 5.74) is 3.26. The molecule has 2 bridgehead atoms. The molecule has 0 unspecified atom stereocenters. The highest BCUT2D eigenvalue weighted by Crippen LogP contribution is 2.29. The van der Waals surface area contributed by atoms with E-state index in [9.17, 15) is 5.21 Å². The quantitative estimate of drug-likeness (QED) is 0.577. The van der Waals surface area contributed by atoms with Crippen molar-refractivity contribution in [3.05, 3.63) is 48.1 Å². The fraction of sp³-hybridized carbons (Fsp3) is 0.368. The molecule has 6 heteroatoms. The van der Waals surface area contributed by atoms with E-state index in [1.54, 1.807) is 0 Å². The van der Waals surface area contributed by atoms with Crippen LogP contribution in [0.2, 0.25) is 0 Å². The maximum absolute atomic E-state index is 12.5. The maximum Gasteiger partial charge on any atom is 0.225 e. The molecule has 3 fully saturated rings. The van der Waals surface area contributed by atoms with Crippen LogP contribution in [-0.2, 0) is 0 Å². The van der Waals surface area contributed by atoms with Crippen LogP contribution >= 0.6 is 0 Å². The normalized spacial score (nSPS) is 26.1. The van der Waals surface area contributed by atoms with Crippen molar-refractivity contribution >= 4 is 16.9 Å². The Balaban J connectivity index is 1.43. The molecule has 3 aromatic rings. The van der Waals surface area contributed by atoms with Crippen LogP contribution < -0.4 is 4.90 Å². The van der Waals surface area contributed by atoms with Crippen LogP contribution in [0.1, 0.15) is 12.8 Å². The summed E-state index contributed by atoms with van der Waals surface area (Å²) in [4.78, 5) is 14.7. The minimum atomic E-state index is -0.0399. The van der Waals surface area contributed by atoms with Crippen LogP contribution in [0.25, 0.3) is 22.0 Å². The Morgan fingerprint density at radius 3 is 2.64 bits per heavy atom. The van der Waals surface area contributed by atoms with Gasteiger partial charge < -0.3 is 19.7 Å². The lowest BCUT2D eigenvalue weighted by Crippen LogP contribution is -2.47. The second-order valence-electron chi connectivity index (χ2n) is 7.20. The Morgan fingerprint density at radius 1 is 1.04 bits per heavy atom. The molecule has 3 aliphatic heterocycles. The van der Waals surface area contributed by atoms with Gasteiger partial charge in [-0.2, -0.15) is 0 Å². The number of quaternary nitrogens is 1. The van der Waals surface area contributed by atoms with Crippen LogP contribution in [0.15, 0.2) is 42.9 Å². The molecule has 128 valence electrons. The van der Waals surface area contributed by atoms with E-state index >= 15 is 0 Å². The predicted molar refractivity (Wildman–Crippen MR) is 97.9 cm³/mol. The van der Waals surface area contributed by atoms with Crippen molar-refractivity contribution < 1.29 is 4.65 Å². The topological polar surface area (TPSA) is 67.9 Å². The number of hydroxylamine groups is 3. The van der Waals surface area contributed by atoms with Crippen LogP contribution in [-0.4, -0.2) is 51.8 Å². The Bertz CT molecular complexity index is 896. The Labute approximate surface area is 146 Å². The largest absolute Gasteiger partial charge is 0.633 e. The number of H-pyrrole nitrogens is 1. The van der Waals surface area contributed by atoms with Crippen LogP contribution in [0, 0.1) is 5.21 Å². The van der Waals surface area contributed by atoms with E-state index in [0.29, 0.717) is 12.6 Å². The average Bonchev–Trinajstić information content (AvgIpc) is 2.98. The zero-order valence-electron chi connectivity index (χ0n) is 14.1. The molecule has 0 radical (unpaired) electrons.